The standard InChI is InChI=1S/C18H33NO/c1-16-8-14-9-17(2,11-16)13-18(10-14,12-16)7-5-3-4-6-15(19)20/h14-15,20H,3-13,19H2,1-2H3. The van der Waals surface area contributed by atoms with Gasteiger partial charge in [-0.2, -0.15) is 0 Å². The van der Waals surface area contributed by atoms with Crippen LogP contribution in [0, 0.1) is 22.2 Å². The summed E-state index contributed by atoms with van der Waals surface area (Å²) in [7, 11) is 0. The van der Waals surface area contributed by atoms with Crippen molar-refractivity contribution in [2.24, 2.45) is 27.9 Å². The summed E-state index contributed by atoms with van der Waals surface area (Å²) in [5.74, 6) is 1.02. The topological polar surface area (TPSA) is 46.2 Å². The van der Waals surface area contributed by atoms with E-state index < -0.39 is 6.23 Å². The van der Waals surface area contributed by atoms with Crippen LogP contribution in [0.15, 0.2) is 0 Å². The largest absolute Gasteiger partial charge is 0.379 e. The first-order valence-electron chi connectivity index (χ1n) is 8.76. The van der Waals surface area contributed by atoms with Crippen LogP contribution in [-0.2, 0) is 0 Å². The number of hydrogen-bond acceptors (Lipinski definition) is 2. The molecule has 4 aliphatic carbocycles. The van der Waals surface area contributed by atoms with Gasteiger partial charge in [-0.3, -0.25) is 0 Å². The van der Waals surface area contributed by atoms with Gasteiger partial charge in [0, 0.05) is 0 Å². The maximum Gasteiger partial charge on any atom is 0.102 e. The number of aliphatic hydroxyl groups excluding tert-OH is 1. The Hall–Kier alpha value is -0.0800. The van der Waals surface area contributed by atoms with E-state index in [1.54, 1.807) is 0 Å². The molecule has 3 unspecified atom stereocenters. The SMILES string of the molecule is CC12CC3CC(C)(C1)CC(CCCCCC(N)O)(C3)C2. The maximum atomic E-state index is 9.13. The van der Waals surface area contributed by atoms with E-state index in [9.17, 15) is 0 Å². The second kappa shape index (κ2) is 4.98. The van der Waals surface area contributed by atoms with Crippen LogP contribution in [0.3, 0.4) is 0 Å². The van der Waals surface area contributed by atoms with E-state index in [-0.39, 0.29) is 0 Å². The monoisotopic (exact) mass is 279 g/mol. The highest BCUT2D eigenvalue weighted by Crippen LogP contribution is 2.70. The van der Waals surface area contributed by atoms with E-state index >= 15 is 0 Å². The van der Waals surface area contributed by atoms with Crippen molar-refractivity contribution in [1.29, 1.82) is 0 Å². The fraction of sp³-hybridized carbons (Fsp3) is 1.00. The van der Waals surface area contributed by atoms with Gasteiger partial charge in [0.25, 0.3) is 0 Å². The van der Waals surface area contributed by atoms with Crippen molar-refractivity contribution in [3.05, 3.63) is 0 Å². The second-order valence-electron chi connectivity index (χ2n) is 9.30. The first kappa shape index (κ1) is 14.8. The third kappa shape index (κ3) is 2.92. The molecular weight excluding hydrogens is 246 g/mol. The third-order valence-electron chi connectivity index (χ3n) is 6.45. The van der Waals surface area contributed by atoms with Crippen LogP contribution in [0.1, 0.15) is 84.5 Å². The molecule has 3 N–H and O–H groups in total. The molecule has 4 fully saturated rings. The summed E-state index contributed by atoms with van der Waals surface area (Å²) in [4.78, 5) is 0. The van der Waals surface area contributed by atoms with Crippen molar-refractivity contribution in [2.45, 2.75) is 90.7 Å². The van der Waals surface area contributed by atoms with Crippen molar-refractivity contribution in [1.82, 2.24) is 0 Å². The average molecular weight is 279 g/mol. The van der Waals surface area contributed by atoms with Crippen LogP contribution >= 0.6 is 0 Å². The van der Waals surface area contributed by atoms with E-state index in [2.05, 4.69) is 13.8 Å². The first-order valence-corrected chi connectivity index (χ1v) is 8.76. The molecule has 0 spiro atoms. The minimum absolute atomic E-state index is 0.604. The summed E-state index contributed by atoms with van der Waals surface area (Å²) in [5, 5.41) is 9.13. The Morgan fingerprint density at radius 3 is 2.20 bits per heavy atom. The number of rotatable bonds is 6. The molecule has 0 radical (unpaired) electrons. The Kier molecular flexibility index (Phi) is 3.70. The lowest BCUT2D eigenvalue weighted by molar-refractivity contribution is -0.148. The van der Waals surface area contributed by atoms with E-state index in [1.807, 2.05) is 0 Å². The summed E-state index contributed by atoms with van der Waals surface area (Å²) in [6, 6.07) is 0. The fourth-order valence-electron chi connectivity index (χ4n) is 6.99. The molecule has 4 rings (SSSR count). The van der Waals surface area contributed by atoms with Crippen molar-refractivity contribution in [3.8, 4) is 0 Å². The van der Waals surface area contributed by atoms with Crippen molar-refractivity contribution >= 4 is 0 Å². The lowest BCUT2D eigenvalue weighted by Gasteiger charge is -2.65. The molecule has 116 valence electrons. The van der Waals surface area contributed by atoms with E-state index in [4.69, 9.17) is 10.8 Å². The van der Waals surface area contributed by atoms with Crippen LogP contribution in [-0.4, -0.2) is 11.3 Å². The van der Waals surface area contributed by atoms with Gasteiger partial charge in [0.15, 0.2) is 0 Å². The van der Waals surface area contributed by atoms with Gasteiger partial charge in [-0.15, -0.1) is 0 Å². The molecule has 2 nitrogen and oxygen atoms in total. The van der Waals surface area contributed by atoms with Gasteiger partial charge < -0.3 is 10.8 Å². The summed E-state index contributed by atoms with van der Waals surface area (Å²) >= 11 is 0. The van der Waals surface area contributed by atoms with Crippen molar-refractivity contribution < 1.29 is 5.11 Å². The summed E-state index contributed by atoms with van der Waals surface area (Å²) < 4.78 is 0. The van der Waals surface area contributed by atoms with Gasteiger partial charge in [-0.05, 0) is 80.0 Å². The summed E-state index contributed by atoms with van der Waals surface area (Å²) in [6.07, 6.45) is 14.2. The number of aliphatic hydroxyl groups is 1. The minimum Gasteiger partial charge on any atom is -0.379 e. The second-order valence-corrected chi connectivity index (χ2v) is 9.30. The summed E-state index contributed by atoms with van der Waals surface area (Å²) in [6.45, 7) is 5.13. The van der Waals surface area contributed by atoms with Crippen LogP contribution in [0.4, 0.5) is 0 Å². The molecule has 0 amide bonds. The van der Waals surface area contributed by atoms with Gasteiger partial charge in [0.2, 0.25) is 0 Å². The Morgan fingerprint density at radius 1 is 1.00 bits per heavy atom. The molecule has 4 bridgehead atoms. The summed E-state index contributed by atoms with van der Waals surface area (Å²) in [5.41, 5.74) is 7.39. The van der Waals surface area contributed by atoms with Crippen molar-refractivity contribution in [3.63, 3.8) is 0 Å². The zero-order valence-electron chi connectivity index (χ0n) is 13.5. The lowest BCUT2D eigenvalue weighted by atomic mass is 9.40. The molecular formula is C18H33NO. The van der Waals surface area contributed by atoms with E-state index in [0.29, 0.717) is 16.2 Å². The minimum atomic E-state index is -0.604. The Balaban J connectivity index is 1.56. The highest BCUT2D eigenvalue weighted by Gasteiger charge is 2.59. The number of nitrogens with two attached hydrogens (primary N) is 1. The predicted octanol–water partition coefficient (Wildman–Crippen LogP) is 4.21. The van der Waals surface area contributed by atoms with Crippen LogP contribution in [0.25, 0.3) is 0 Å². The van der Waals surface area contributed by atoms with Gasteiger partial charge in [-0.1, -0.05) is 26.7 Å². The predicted molar refractivity (Wildman–Crippen MR) is 83.1 cm³/mol. The molecule has 0 aliphatic heterocycles. The third-order valence-corrected chi connectivity index (χ3v) is 6.45. The Morgan fingerprint density at radius 2 is 1.65 bits per heavy atom. The quantitative estimate of drug-likeness (QED) is 0.565. The van der Waals surface area contributed by atoms with Crippen LogP contribution in [0.5, 0.6) is 0 Å². The number of hydrogen-bond donors (Lipinski definition) is 2. The van der Waals surface area contributed by atoms with Crippen LogP contribution in [0.2, 0.25) is 0 Å². The molecule has 4 aliphatic rings. The fourth-order valence-corrected chi connectivity index (χ4v) is 6.99. The molecule has 0 aromatic rings. The highest BCUT2D eigenvalue weighted by atomic mass is 16.3. The molecule has 3 atom stereocenters. The van der Waals surface area contributed by atoms with E-state index in [0.717, 1.165) is 18.8 Å². The molecule has 0 saturated heterocycles. The molecule has 20 heavy (non-hydrogen) atoms. The smallest absolute Gasteiger partial charge is 0.102 e. The molecule has 2 heteroatoms. The zero-order chi connectivity index (χ0) is 14.4. The Bertz CT molecular complexity index is 346. The highest BCUT2D eigenvalue weighted by molar-refractivity contribution is 5.10. The molecule has 0 aromatic heterocycles. The van der Waals surface area contributed by atoms with Crippen molar-refractivity contribution in [2.75, 3.05) is 0 Å². The van der Waals surface area contributed by atoms with Gasteiger partial charge in [0.1, 0.15) is 6.23 Å². The maximum absolute atomic E-state index is 9.13. The molecule has 0 heterocycles. The van der Waals surface area contributed by atoms with Gasteiger partial charge in [0.05, 0.1) is 0 Å². The molecule has 0 aromatic carbocycles. The van der Waals surface area contributed by atoms with Gasteiger partial charge in [-0.25, -0.2) is 0 Å². The number of unbranched alkanes of at least 4 members (excludes halogenated alkanes) is 2. The normalized spacial score (nSPS) is 47.7. The first-order chi connectivity index (χ1) is 9.32. The van der Waals surface area contributed by atoms with E-state index in [1.165, 1.54) is 57.8 Å². The average Bonchev–Trinajstić information content (AvgIpc) is 2.22. The Labute approximate surface area is 124 Å². The van der Waals surface area contributed by atoms with Gasteiger partial charge >= 0.3 is 0 Å². The zero-order valence-corrected chi connectivity index (χ0v) is 13.5. The van der Waals surface area contributed by atoms with Crippen LogP contribution < -0.4 is 5.73 Å². The lowest BCUT2D eigenvalue weighted by Crippen LogP contribution is -2.54. The molecule has 4 saturated carbocycles.